The maximum Gasteiger partial charge on any atom is 0.261 e. The third-order valence-electron chi connectivity index (χ3n) is 5.30. The second kappa shape index (κ2) is 8.74. The van der Waals surface area contributed by atoms with Crippen LogP contribution < -0.4 is 14.2 Å². The molecule has 1 heterocycles. The fourth-order valence-electron chi connectivity index (χ4n) is 3.81. The number of nitrogens with zero attached hydrogens (tertiary/aromatic N) is 1. The molecule has 28 heavy (non-hydrogen) atoms. The molecule has 0 N–H and O–H groups in total. The molecule has 0 saturated heterocycles. The normalized spacial score (nSPS) is 16.0. The molecule has 6 heteroatoms. The Balaban J connectivity index is 1.46. The lowest BCUT2D eigenvalue weighted by atomic mass is 9.93. The molecule has 5 nitrogen and oxygen atoms in total. The van der Waals surface area contributed by atoms with Gasteiger partial charge < -0.3 is 19.1 Å². The number of carbonyl (C=O) groups is 1. The quantitative estimate of drug-likeness (QED) is 0.697. The van der Waals surface area contributed by atoms with Gasteiger partial charge in [0.1, 0.15) is 5.75 Å². The second-order valence-electron chi connectivity index (χ2n) is 7.24. The molecule has 0 bridgehead atoms. The first-order valence-corrected chi connectivity index (χ1v) is 10.1. The minimum Gasteiger partial charge on any atom is -0.484 e. The summed E-state index contributed by atoms with van der Waals surface area (Å²) in [5.74, 6) is 2.14. The Morgan fingerprint density at radius 1 is 1.04 bits per heavy atom. The molecule has 0 spiro atoms. The van der Waals surface area contributed by atoms with Gasteiger partial charge in [0, 0.05) is 17.6 Å². The lowest BCUT2D eigenvalue weighted by molar-refractivity contribution is -0.137. The first-order valence-electron chi connectivity index (χ1n) is 9.75. The average Bonchev–Trinajstić information content (AvgIpc) is 3.20. The highest BCUT2D eigenvalue weighted by molar-refractivity contribution is 6.30. The zero-order valence-electron chi connectivity index (χ0n) is 15.7. The Morgan fingerprint density at radius 2 is 1.79 bits per heavy atom. The van der Waals surface area contributed by atoms with Crippen molar-refractivity contribution >= 4 is 17.5 Å². The van der Waals surface area contributed by atoms with E-state index in [0.29, 0.717) is 17.3 Å². The Labute approximate surface area is 170 Å². The van der Waals surface area contributed by atoms with E-state index in [1.54, 1.807) is 24.3 Å². The van der Waals surface area contributed by atoms with E-state index < -0.39 is 0 Å². The minimum atomic E-state index is -0.000447. The lowest BCUT2D eigenvalue weighted by Gasteiger charge is -2.34. The second-order valence-corrected chi connectivity index (χ2v) is 7.68. The van der Waals surface area contributed by atoms with Crippen molar-refractivity contribution in [2.75, 3.05) is 13.4 Å². The molecule has 1 fully saturated rings. The van der Waals surface area contributed by atoms with Gasteiger partial charge in [0.05, 0.1) is 0 Å². The van der Waals surface area contributed by atoms with Crippen LogP contribution in [0.3, 0.4) is 0 Å². The molecule has 1 aliphatic carbocycles. The van der Waals surface area contributed by atoms with Gasteiger partial charge in [-0.1, -0.05) is 36.9 Å². The number of fused-ring (bicyclic) bond motifs is 1. The molecule has 1 saturated carbocycles. The van der Waals surface area contributed by atoms with Crippen molar-refractivity contribution < 1.29 is 19.0 Å². The largest absolute Gasteiger partial charge is 0.484 e. The van der Waals surface area contributed by atoms with E-state index in [9.17, 15) is 4.79 Å². The van der Waals surface area contributed by atoms with Crippen molar-refractivity contribution in [1.29, 1.82) is 0 Å². The number of benzene rings is 2. The van der Waals surface area contributed by atoms with Crippen molar-refractivity contribution in [1.82, 2.24) is 4.90 Å². The number of rotatable bonds is 6. The molecule has 1 aliphatic heterocycles. The van der Waals surface area contributed by atoms with Gasteiger partial charge in [0.2, 0.25) is 6.79 Å². The topological polar surface area (TPSA) is 48.0 Å². The summed E-state index contributed by atoms with van der Waals surface area (Å²) in [4.78, 5) is 15.0. The number of hydrogen-bond acceptors (Lipinski definition) is 4. The van der Waals surface area contributed by atoms with E-state index in [2.05, 4.69) is 0 Å². The molecule has 2 aromatic rings. The maximum absolute atomic E-state index is 13.0. The van der Waals surface area contributed by atoms with E-state index in [0.717, 1.165) is 42.7 Å². The summed E-state index contributed by atoms with van der Waals surface area (Å²) >= 11 is 5.91. The molecular weight excluding hydrogens is 378 g/mol. The average molecular weight is 402 g/mol. The first-order chi connectivity index (χ1) is 13.7. The molecule has 0 radical (unpaired) electrons. The zero-order chi connectivity index (χ0) is 19.3. The van der Waals surface area contributed by atoms with Crippen LogP contribution in [0.2, 0.25) is 5.02 Å². The predicted molar refractivity (Wildman–Crippen MR) is 107 cm³/mol. The van der Waals surface area contributed by atoms with E-state index >= 15 is 0 Å². The monoisotopic (exact) mass is 401 g/mol. The van der Waals surface area contributed by atoms with Gasteiger partial charge in [-0.15, -0.1) is 0 Å². The van der Waals surface area contributed by atoms with Crippen LogP contribution in [0.5, 0.6) is 17.2 Å². The minimum absolute atomic E-state index is 0.000447. The molecule has 148 valence electrons. The van der Waals surface area contributed by atoms with Gasteiger partial charge in [0.25, 0.3) is 5.91 Å². The Morgan fingerprint density at radius 3 is 2.57 bits per heavy atom. The Hall–Kier alpha value is -2.40. The summed E-state index contributed by atoms with van der Waals surface area (Å²) in [6.07, 6.45) is 5.64. The van der Waals surface area contributed by atoms with Gasteiger partial charge in [-0.05, 0) is 54.8 Å². The predicted octanol–water partition coefficient (Wildman–Crippen LogP) is 4.81. The van der Waals surface area contributed by atoms with Crippen molar-refractivity contribution in [2.45, 2.75) is 44.7 Å². The number of ether oxygens (including phenoxy) is 3. The van der Waals surface area contributed by atoms with Crippen LogP contribution >= 0.6 is 11.6 Å². The smallest absolute Gasteiger partial charge is 0.261 e. The van der Waals surface area contributed by atoms with Gasteiger partial charge in [0.15, 0.2) is 18.1 Å². The van der Waals surface area contributed by atoms with Crippen LogP contribution in [-0.2, 0) is 11.3 Å². The SMILES string of the molecule is O=C(COc1ccc(Cl)cc1)N(Cc1ccc2c(c1)OCO2)C1CCCCC1. The van der Waals surface area contributed by atoms with Crippen molar-refractivity contribution in [3.05, 3.63) is 53.1 Å². The molecule has 2 aromatic carbocycles. The number of carbonyl (C=O) groups excluding carboxylic acids is 1. The zero-order valence-corrected chi connectivity index (χ0v) is 16.5. The lowest BCUT2D eigenvalue weighted by Crippen LogP contribution is -2.43. The van der Waals surface area contributed by atoms with E-state index in [1.807, 2.05) is 23.1 Å². The first kappa shape index (κ1) is 18.9. The molecule has 0 unspecified atom stereocenters. The van der Waals surface area contributed by atoms with Gasteiger partial charge in [-0.25, -0.2) is 0 Å². The number of amides is 1. The summed E-state index contributed by atoms with van der Waals surface area (Å²) in [5, 5.41) is 0.644. The molecule has 0 atom stereocenters. The van der Waals surface area contributed by atoms with Crippen molar-refractivity contribution in [3.8, 4) is 17.2 Å². The highest BCUT2D eigenvalue weighted by Gasteiger charge is 2.26. The third kappa shape index (κ3) is 4.53. The van der Waals surface area contributed by atoms with Gasteiger partial charge in [-0.2, -0.15) is 0 Å². The van der Waals surface area contributed by atoms with Crippen LogP contribution in [0.1, 0.15) is 37.7 Å². The van der Waals surface area contributed by atoms with Crippen LogP contribution in [0, 0.1) is 0 Å². The van der Waals surface area contributed by atoms with Crippen LogP contribution in [0.15, 0.2) is 42.5 Å². The summed E-state index contributed by atoms with van der Waals surface area (Å²) in [6, 6.07) is 13.2. The van der Waals surface area contributed by atoms with Crippen LogP contribution in [-0.4, -0.2) is 30.2 Å². The molecule has 4 rings (SSSR count). The van der Waals surface area contributed by atoms with Crippen LogP contribution in [0.25, 0.3) is 0 Å². The van der Waals surface area contributed by atoms with E-state index in [-0.39, 0.29) is 25.3 Å². The fraction of sp³-hybridized carbons (Fsp3) is 0.409. The molecular formula is C22H24ClNO4. The number of hydrogen-bond donors (Lipinski definition) is 0. The van der Waals surface area contributed by atoms with Crippen molar-refractivity contribution in [2.24, 2.45) is 0 Å². The summed E-state index contributed by atoms with van der Waals surface area (Å²) in [7, 11) is 0. The van der Waals surface area contributed by atoms with Gasteiger partial charge >= 0.3 is 0 Å². The fourth-order valence-corrected chi connectivity index (χ4v) is 3.93. The van der Waals surface area contributed by atoms with Gasteiger partial charge in [-0.3, -0.25) is 4.79 Å². The number of halogens is 1. The molecule has 2 aliphatic rings. The Bertz CT molecular complexity index is 818. The summed E-state index contributed by atoms with van der Waals surface area (Å²) in [5.41, 5.74) is 1.04. The summed E-state index contributed by atoms with van der Waals surface area (Å²) < 4.78 is 16.6. The standard InChI is InChI=1S/C22H24ClNO4/c23-17-7-9-19(10-8-17)26-14-22(25)24(18-4-2-1-3-5-18)13-16-6-11-20-21(12-16)28-15-27-20/h6-12,18H,1-5,13-15H2. The van der Waals surface area contributed by atoms with E-state index in [1.165, 1.54) is 6.42 Å². The molecule has 1 amide bonds. The van der Waals surface area contributed by atoms with Crippen molar-refractivity contribution in [3.63, 3.8) is 0 Å². The highest BCUT2D eigenvalue weighted by atomic mass is 35.5. The Kier molecular flexibility index (Phi) is 5.91. The highest BCUT2D eigenvalue weighted by Crippen LogP contribution is 2.33. The van der Waals surface area contributed by atoms with E-state index in [4.69, 9.17) is 25.8 Å². The van der Waals surface area contributed by atoms with Crippen LogP contribution in [0.4, 0.5) is 0 Å². The molecule has 0 aromatic heterocycles. The third-order valence-corrected chi connectivity index (χ3v) is 5.55. The summed E-state index contributed by atoms with van der Waals surface area (Å²) in [6.45, 7) is 0.811. The maximum atomic E-state index is 13.0.